The van der Waals surface area contributed by atoms with Gasteiger partial charge >= 0.3 is 0 Å². The Balaban J connectivity index is 1.61. The van der Waals surface area contributed by atoms with Gasteiger partial charge in [0.05, 0.1) is 35.7 Å². The number of aromatic nitrogens is 3. The average molecular weight is 486 g/mol. The zero-order chi connectivity index (χ0) is 25.0. The maximum atomic E-state index is 15.1. The van der Waals surface area contributed by atoms with Crippen LogP contribution < -0.4 is 5.73 Å². The summed E-state index contributed by atoms with van der Waals surface area (Å²) in [5.41, 5.74) is 5.95. The number of hydrazine groups is 1. The Bertz CT molecular complexity index is 1520. The number of carbonyl (C=O) groups excluding carboxylic acids is 2. The van der Waals surface area contributed by atoms with Crippen LogP contribution in [0.15, 0.2) is 36.8 Å². The summed E-state index contributed by atoms with van der Waals surface area (Å²) in [5.74, 6) is -6.45. The van der Waals surface area contributed by atoms with E-state index in [1.54, 1.807) is 0 Å². The molecule has 35 heavy (non-hydrogen) atoms. The normalized spacial score (nSPS) is 13.4. The van der Waals surface area contributed by atoms with E-state index in [0.717, 1.165) is 16.1 Å². The fourth-order valence-corrected chi connectivity index (χ4v) is 3.87. The van der Waals surface area contributed by atoms with E-state index in [4.69, 9.17) is 5.73 Å². The lowest BCUT2D eigenvalue weighted by atomic mass is 10.1. The first kappa shape index (κ1) is 22.6. The minimum atomic E-state index is -1.40. The van der Waals surface area contributed by atoms with Gasteiger partial charge in [-0.25, -0.2) is 32.5 Å². The van der Waals surface area contributed by atoms with Crippen molar-refractivity contribution < 1.29 is 27.2 Å². The number of hydrogen-bond donors (Lipinski definition) is 1. The monoisotopic (exact) mass is 486 g/mol. The Morgan fingerprint density at radius 3 is 2.46 bits per heavy atom. The number of carbonyl (C=O) groups is 2. The van der Waals surface area contributed by atoms with Crippen LogP contribution in [0.25, 0.3) is 16.6 Å². The molecule has 1 fully saturated rings. The van der Waals surface area contributed by atoms with Gasteiger partial charge < -0.3 is 5.73 Å². The van der Waals surface area contributed by atoms with Gasteiger partial charge in [-0.1, -0.05) is 0 Å². The Labute approximate surface area is 195 Å². The molecule has 0 unspecified atom stereocenters. The largest absolute Gasteiger partial charge is 0.382 e. The highest BCUT2D eigenvalue weighted by atomic mass is 19.2. The predicted molar refractivity (Wildman–Crippen MR) is 117 cm³/mol. The van der Waals surface area contributed by atoms with Crippen molar-refractivity contribution in [1.82, 2.24) is 24.4 Å². The molecule has 180 valence electrons. The molecule has 2 amide bonds. The molecule has 0 saturated heterocycles. The van der Waals surface area contributed by atoms with Crippen molar-refractivity contribution >= 4 is 34.2 Å². The van der Waals surface area contributed by atoms with Gasteiger partial charge in [-0.2, -0.15) is 0 Å². The minimum absolute atomic E-state index is 0.110. The Hall–Kier alpha value is -4.22. The van der Waals surface area contributed by atoms with Gasteiger partial charge in [-0.3, -0.25) is 19.0 Å². The van der Waals surface area contributed by atoms with Crippen molar-refractivity contribution in [1.29, 1.82) is 0 Å². The minimum Gasteiger partial charge on any atom is -0.382 e. The van der Waals surface area contributed by atoms with E-state index in [-0.39, 0.29) is 22.8 Å². The van der Waals surface area contributed by atoms with Gasteiger partial charge in [0.1, 0.15) is 23.0 Å². The lowest BCUT2D eigenvalue weighted by Gasteiger charge is -2.32. The Morgan fingerprint density at radius 2 is 1.74 bits per heavy atom. The molecule has 8 nitrogen and oxygen atoms in total. The molecule has 1 saturated carbocycles. The van der Waals surface area contributed by atoms with E-state index >= 15 is 4.39 Å². The van der Waals surface area contributed by atoms with E-state index in [0.29, 0.717) is 36.0 Å². The standard InChI is InChI=1S/C23H18F4N6O2/c1-31(22(34)11-2-3-11)33(9-12-4-16(26)17(27)6-14(12)24)23(35)13-5-19-18(7-15(13)25)30-21(28)20-8-29-10-32(19)20/h4-8,10-11H,2-3,9H2,1H3,(H2,28,30). The second-order valence-corrected chi connectivity index (χ2v) is 8.32. The summed E-state index contributed by atoms with van der Waals surface area (Å²) in [6.45, 7) is -0.644. The summed E-state index contributed by atoms with van der Waals surface area (Å²) < 4.78 is 58.3. The SMILES string of the molecule is CN(C(=O)C1CC1)N(Cc1cc(F)c(F)cc1F)C(=O)c1cc2c(cc1F)nc(N)c1cncn12. The Kier molecular flexibility index (Phi) is 5.30. The van der Waals surface area contributed by atoms with Crippen LogP contribution in [-0.4, -0.2) is 43.2 Å². The third-order valence-electron chi connectivity index (χ3n) is 5.95. The fourth-order valence-electron chi connectivity index (χ4n) is 3.87. The molecular weight excluding hydrogens is 468 g/mol. The maximum absolute atomic E-state index is 15.1. The number of imidazole rings is 1. The van der Waals surface area contributed by atoms with Gasteiger partial charge in [-0.05, 0) is 25.0 Å². The maximum Gasteiger partial charge on any atom is 0.275 e. The molecule has 5 rings (SSSR count). The third kappa shape index (κ3) is 3.90. The number of rotatable bonds is 4. The number of fused-ring (bicyclic) bond motifs is 3. The highest BCUT2D eigenvalue weighted by Crippen LogP contribution is 2.32. The molecule has 0 radical (unpaired) electrons. The van der Waals surface area contributed by atoms with Crippen molar-refractivity contribution in [3.8, 4) is 0 Å². The molecule has 4 aromatic rings. The number of hydrogen-bond acceptors (Lipinski definition) is 5. The van der Waals surface area contributed by atoms with Crippen molar-refractivity contribution in [2.75, 3.05) is 12.8 Å². The van der Waals surface area contributed by atoms with Gasteiger partial charge in [-0.15, -0.1) is 0 Å². The van der Waals surface area contributed by atoms with Crippen LogP contribution in [-0.2, 0) is 11.3 Å². The fraction of sp³-hybridized carbons (Fsp3) is 0.217. The van der Waals surface area contributed by atoms with E-state index in [1.807, 2.05) is 0 Å². The van der Waals surface area contributed by atoms with E-state index in [2.05, 4.69) is 9.97 Å². The van der Waals surface area contributed by atoms with Crippen LogP contribution in [0.2, 0.25) is 0 Å². The van der Waals surface area contributed by atoms with Crippen LogP contribution in [0.3, 0.4) is 0 Å². The highest BCUT2D eigenvalue weighted by Gasteiger charge is 2.36. The second kappa shape index (κ2) is 8.22. The van der Waals surface area contributed by atoms with Crippen molar-refractivity contribution in [2.24, 2.45) is 5.92 Å². The number of halogens is 4. The molecule has 0 atom stereocenters. The molecule has 2 aromatic carbocycles. The molecule has 0 bridgehead atoms. The van der Waals surface area contributed by atoms with Gasteiger partial charge in [0.15, 0.2) is 11.6 Å². The average Bonchev–Trinajstić information content (AvgIpc) is 3.54. The molecule has 0 aliphatic heterocycles. The van der Waals surface area contributed by atoms with Crippen LogP contribution in [0.5, 0.6) is 0 Å². The number of benzene rings is 2. The predicted octanol–water partition coefficient (Wildman–Crippen LogP) is 3.45. The molecular formula is C23H18F4N6O2. The summed E-state index contributed by atoms with van der Waals surface area (Å²) in [6, 6.07) is 3.17. The highest BCUT2D eigenvalue weighted by molar-refractivity contribution is 5.99. The van der Waals surface area contributed by atoms with Crippen molar-refractivity contribution in [3.63, 3.8) is 0 Å². The quantitative estimate of drug-likeness (QED) is 0.271. The van der Waals surface area contributed by atoms with Crippen molar-refractivity contribution in [2.45, 2.75) is 19.4 Å². The topological polar surface area (TPSA) is 96.8 Å². The third-order valence-corrected chi connectivity index (χ3v) is 5.95. The molecule has 1 aliphatic carbocycles. The van der Waals surface area contributed by atoms with E-state index in [9.17, 15) is 22.8 Å². The molecule has 1 aliphatic rings. The summed E-state index contributed by atoms with van der Waals surface area (Å²) in [7, 11) is 1.28. The summed E-state index contributed by atoms with van der Waals surface area (Å²) in [5, 5.41) is 1.76. The lowest BCUT2D eigenvalue weighted by Crippen LogP contribution is -2.48. The van der Waals surface area contributed by atoms with E-state index < -0.39 is 47.2 Å². The zero-order valence-corrected chi connectivity index (χ0v) is 18.3. The van der Waals surface area contributed by atoms with Crippen LogP contribution in [0, 0.1) is 29.2 Å². The molecule has 2 aromatic heterocycles. The summed E-state index contributed by atoms with van der Waals surface area (Å²) in [4.78, 5) is 34.4. The number of anilines is 1. The van der Waals surface area contributed by atoms with Crippen LogP contribution in [0.4, 0.5) is 23.4 Å². The number of nitrogen functional groups attached to an aromatic ring is 1. The molecule has 0 spiro atoms. The van der Waals surface area contributed by atoms with Crippen LogP contribution in [0.1, 0.15) is 28.8 Å². The van der Waals surface area contributed by atoms with Gasteiger partial charge in [0, 0.05) is 30.7 Å². The van der Waals surface area contributed by atoms with Crippen molar-refractivity contribution in [3.05, 3.63) is 71.2 Å². The first-order valence-electron chi connectivity index (χ1n) is 10.6. The summed E-state index contributed by atoms with van der Waals surface area (Å²) in [6.07, 6.45) is 4.09. The molecule has 2 heterocycles. The zero-order valence-electron chi connectivity index (χ0n) is 18.3. The second-order valence-electron chi connectivity index (χ2n) is 8.32. The Morgan fingerprint density at radius 1 is 1.03 bits per heavy atom. The number of nitrogens with zero attached hydrogens (tertiary/aromatic N) is 5. The van der Waals surface area contributed by atoms with Gasteiger partial charge in [0.2, 0.25) is 5.91 Å². The van der Waals surface area contributed by atoms with E-state index in [1.165, 1.54) is 30.0 Å². The molecule has 12 heteroatoms. The number of amides is 2. The molecule has 2 N–H and O–H groups in total. The first-order valence-corrected chi connectivity index (χ1v) is 10.6. The first-order chi connectivity index (χ1) is 16.7. The number of nitrogens with two attached hydrogens (primary N) is 1. The lowest BCUT2D eigenvalue weighted by molar-refractivity contribution is -0.144. The van der Waals surface area contributed by atoms with Crippen LogP contribution >= 0.6 is 0 Å². The summed E-state index contributed by atoms with van der Waals surface area (Å²) >= 11 is 0. The smallest absolute Gasteiger partial charge is 0.275 e. The van der Waals surface area contributed by atoms with Gasteiger partial charge in [0.25, 0.3) is 5.91 Å².